The summed E-state index contributed by atoms with van der Waals surface area (Å²) in [6, 6.07) is 5.82. The number of hydrogen-bond acceptors (Lipinski definition) is 3. The molecule has 6 heteroatoms. The maximum atomic E-state index is 12.0. The Balaban J connectivity index is 1.44. The third-order valence-corrected chi connectivity index (χ3v) is 4.65. The molecule has 1 aromatic carbocycles. The van der Waals surface area contributed by atoms with Crippen molar-refractivity contribution in [2.75, 3.05) is 11.9 Å². The molecule has 1 aromatic heterocycles. The number of hydrogen-bond donors (Lipinski definition) is 3. The second kappa shape index (κ2) is 8.17. The second-order valence-electron chi connectivity index (χ2n) is 7.04. The van der Waals surface area contributed by atoms with Gasteiger partial charge in [-0.25, -0.2) is 0 Å². The first-order valence-corrected chi connectivity index (χ1v) is 9.21. The molecule has 0 saturated carbocycles. The fraction of sp³-hybridized carbons (Fsp3) is 0.450. The number of rotatable bonds is 6. The first-order valence-electron chi connectivity index (χ1n) is 9.21. The summed E-state index contributed by atoms with van der Waals surface area (Å²) < 4.78 is 0. The van der Waals surface area contributed by atoms with Crippen LogP contribution < -0.4 is 10.6 Å². The number of fused-ring (bicyclic) bond motifs is 1. The Morgan fingerprint density at radius 3 is 2.58 bits per heavy atom. The van der Waals surface area contributed by atoms with Crippen LogP contribution in [0.4, 0.5) is 5.69 Å². The number of aromatic amines is 1. The molecule has 1 heterocycles. The quantitative estimate of drug-likeness (QED) is 0.697. The van der Waals surface area contributed by atoms with Gasteiger partial charge in [-0.3, -0.25) is 14.7 Å². The molecule has 3 rings (SSSR count). The van der Waals surface area contributed by atoms with E-state index >= 15 is 0 Å². The average molecular weight is 354 g/mol. The topological polar surface area (TPSA) is 86.9 Å². The van der Waals surface area contributed by atoms with Gasteiger partial charge in [0, 0.05) is 24.3 Å². The maximum Gasteiger partial charge on any atom is 0.233 e. The Bertz CT molecular complexity index is 790. The summed E-state index contributed by atoms with van der Waals surface area (Å²) >= 11 is 0. The number of nitrogens with one attached hydrogen (secondary N) is 3. The molecule has 3 N–H and O–H groups in total. The van der Waals surface area contributed by atoms with E-state index in [1.807, 2.05) is 32.0 Å². The third-order valence-electron chi connectivity index (χ3n) is 4.65. The van der Waals surface area contributed by atoms with E-state index in [9.17, 15) is 9.59 Å². The third kappa shape index (κ3) is 4.71. The molecule has 2 aromatic rings. The SMILES string of the molecule is Cc1cc(C)cc(NC(=O)CC(=O)NCCc2n[nH]c3c2CCCC3)c1. The smallest absolute Gasteiger partial charge is 0.233 e. The van der Waals surface area contributed by atoms with Crippen LogP contribution in [0, 0.1) is 13.8 Å². The zero-order valence-electron chi connectivity index (χ0n) is 15.4. The van der Waals surface area contributed by atoms with Gasteiger partial charge < -0.3 is 10.6 Å². The highest BCUT2D eigenvalue weighted by atomic mass is 16.2. The molecular weight excluding hydrogens is 328 g/mol. The minimum atomic E-state index is -0.301. The van der Waals surface area contributed by atoms with Crippen molar-refractivity contribution in [1.82, 2.24) is 15.5 Å². The van der Waals surface area contributed by atoms with Crippen LogP contribution in [-0.2, 0) is 28.9 Å². The van der Waals surface area contributed by atoms with Crippen molar-refractivity contribution in [2.24, 2.45) is 0 Å². The van der Waals surface area contributed by atoms with Crippen LogP contribution in [0.2, 0.25) is 0 Å². The van der Waals surface area contributed by atoms with Crippen LogP contribution in [0.1, 0.15) is 47.3 Å². The summed E-state index contributed by atoms with van der Waals surface area (Å²) in [6.07, 6.45) is 5.05. The number of anilines is 1. The predicted octanol–water partition coefficient (Wildman–Crippen LogP) is 2.59. The van der Waals surface area contributed by atoms with E-state index in [-0.39, 0.29) is 18.2 Å². The minimum absolute atomic E-state index is 0.175. The van der Waals surface area contributed by atoms with E-state index in [2.05, 4.69) is 20.8 Å². The molecule has 1 aliphatic rings. The number of aromatic nitrogens is 2. The van der Waals surface area contributed by atoms with Gasteiger partial charge in [-0.2, -0.15) is 5.10 Å². The van der Waals surface area contributed by atoms with Gasteiger partial charge in [-0.15, -0.1) is 0 Å². The summed E-state index contributed by atoms with van der Waals surface area (Å²) in [5.74, 6) is -0.569. The van der Waals surface area contributed by atoms with Gasteiger partial charge >= 0.3 is 0 Å². The lowest BCUT2D eigenvalue weighted by Crippen LogP contribution is -2.30. The number of carbonyl (C=O) groups excluding carboxylic acids is 2. The van der Waals surface area contributed by atoms with Gasteiger partial charge in [0.15, 0.2) is 0 Å². The van der Waals surface area contributed by atoms with Crippen LogP contribution >= 0.6 is 0 Å². The lowest BCUT2D eigenvalue weighted by molar-refractivity contribution is -0.126. The number of aryl methyl sites for hydroxylation is 3. The molecule has 6 nitrogen and oxygen atoms in total. The molecule has 0 bridgehead atoms. The standard InChI is InChI=1S/C20H26N4O2/c1-13-9-14(2)11-15(10-13)22-20(26)12-19(25)21-8-7-18-16-5-3-4-6-17(16)23-24-18/h9-11H,3-8,12H2,1-2H3,(H,21,25)(H,22,26)(H,23,24). The molecule has 0 radical (unpaired) electrons. The normalized spacial score (nSPS) is 13.2. The Morgan fingerprint density at radius 1 is 1.08 bits per heavy atom. The molecule has 2 amide bonds. The summed E-state index contributed by atoms with van der Waals surface area (Å²) in [6.45, 7) is 4.44. The van der Waals surface area contributed by atoms with Gasteiger partial charge in [0.25, 0.3) is 0 Å². The zero-order valence-corrected chi connectivity index (χ0v) is 15.4. The summed E-state index contributed by atoms with van der Waals surface area (Å²) in [4.78, 5) is 24.0. The van der Waals surface area contributed by atoms with E-state index in [4.69, 9.17) is 0 Å². The van der Waals surface area contributed by atoms with Crippen LogP contribution in [-0.4, -0.2) is 28.6 Å². The Hall–Kier alpha value is -2.63. The van der Waals surface area contributed by atoms with Crippen LogP contribution in [0.3, 0.4) is 0 Å². The minimum Gasteiger partial charge on any atom is -0.355 e. The largest absolute Gasteiger partial charge is 0.355 e. The van der Waals surface area contributed by atoms with Gasteiger partial charge in [-0.1, -0.05) is 6.07 Å². The van der Waals surface area contributed by atoms with Crippen molar-refractivity contribution in [3.63, 3.8) is 0 Å². The lowest BCUT2D eigenvalue weighted by atomic mass is 9.95. The molecule has 0 fully saturated rings. The van der Waals surface area contributed by atoms with Gasteiger partial charge in [0.05, 0.1) is 5.69 Å². The van der Waals surface area contributed by atoms with Crippen molar-refractivity contribution in [3.05, 3.63) is 46.3 Å². The zero-order chi connectivity index (χ0) is 18.5. The first kappa shape index (κ1) is 18.2. The first-order chi connectivity index (χ1) is 12.5. The fourth-order valence-electron chi connectivity index (χ4n) is 3.54. The van der Waals surface area contributed by atoms with E-state index in [1.165, 1.54) is 24.1 Å². The van der Waals surface area contributed by atoms with Gasteiger partial charge in [0.2, 0.25) is 11.8 Å². The molecule has 0 aliphatic heterocycles. The molecule has 26 heavy (non-hydrogen) atoms. The summed E-state index contributed by atoms with van der Waals surface area (Å²) in [5, 5.41) is 13.1. The van der Waals surface area contributed by atoms with Crippen molar-refractivity contribution in [2.45, 2.75) is 52.4 Å². The number of H-pyrrole nitrogens is 1. The van der Waals surface area contributed by atoms with Crippen molar-refractivity contribution in [3.8, 4) is 0 Å². The number of nitrogens with zero attached hydrogens (tertiary/aromatic N) is 1. The van der Waals surface area contributed by atoms with Crippen LogP contribution in [0.25, 0.3) is 0 Å². The number of benzene rings is 1. The van der Waals surface area contributed by atoms with E-state index in [1.54, 1.807) is 0 Å². The Morgan fingerprint density at radius 2 is 1.81 bits per heavy atom. The maximum absolute atomic E-state index is 12.0. The average Bonchev–Trinajstić information content (AvgIpc) is 2.97. The Labute approximate surface area is 153 Å². The highest BCUT2D eigenvalue weighted by molar-refractivity contribution is 6.03. The molecule has 0 spiro atoms. The molecule has 0 atom stereocenters. The van der Waals surface area contributed by atoms with Crippen molar-refractivity contribution in [1.29, 1.82) is 0 Å². The van der Waals surface area contributed by atoms with E-state index in [0.717, 1.165) is 35.3 Å². The number of carbonyl (C=O) groups is 2. The highest BCUT2D eigenvalue weighted by Crippen LogP contribution is 2.22. The summed E-state index contributed by atoms with van der Waals surface area (Å²) in [5.41, 5.74) is 6.48. The Kier molecular flexibility index (Phi) is 5.71. The molecule has 0 unspecified atom stereocenters. The van der Waals surface area contributed by atoms with E-state index in [0.29, 0.717) is 13.0 Å². The molecule has 138 valence electrons. The molecule has 0 saturated heterocycles. The lowest BCUT2D eigenvalue weighted by Gasteiger charge is -2.11. The summed E-state index contributed by atoms with van der Waals surface area (Å²) in [7, 11) is 0. The van der Waals surface area contributed by atoms with Crippen molar-refractivity contribution < 1.29 is 9.59 Å². The molecular formula is C20H26N4O2. The monoisotopic (exact) mass is 354 g/mol. The van der Waals surface area contributed by atoms with Crippen LogP contribution in [0.5, 0.6) is 0 Å². The number of amides is 2. The van der Waals surface area contributed by atoms with Gasteiger partial charge in [-0.05, 0) is 68.4 Å². The van der Waals surface area contributed by atoms with E-state index < -0.39 is 0 Å². The second-order valence-corrected chi connectivity index (χ2v) is 7.04. The molecule has 1 aliphatic carbocycles. The fourth-order valence-corrected chi connectivity index (χ4v) is 3.54. The van der Waals surface area contributed by atoms with Crippen molar-refractivity contribution >= 4 is 17.5 Å². The van der Waals surface area contributed by atoms with Crippen LogP contribution in [0.15, 0.2) is 18.2 Å². The predicted molar refractivity (Wildman–Crippen MR) is 101 cm³/mol. The highest BCUT2D eigenvalue weighted by Gasteiger charge is 2.17. The van der Waals surface area contributed by atoms with Gasteiger partial charge in [0.1, 0.15) is 6.42 Å².